The number of hydrogen-bond donors (Lipinski definition) is 2. The van der Waals surface area contributed by atoms with Crippen molar-refractivity contribution in [3.8, 4) is 0 Å². The summed E-state index contributed by atoms with van der Waals surface area (Å²) < 4.78 is 4.11. The molecule has 186 valence electrons. The predicted molar refractivity (Wildman–Crippen MR) is 147 cm³/mol. The highest BCUT2D eigenvalue weighted by Gasteiger charge is 2.21. The Morgan fingerprint density at radius 2 is 1.51 bits per heavy atom. The first-order chi connectivity index (χ1) is 18.0. The van der Waals surface area contributed by atoms with Crippen LogP contribution in [0.15, 0.2) is 97.3 Å². The molecule has 6 heteroatoms. The van der Waals surface area contributed by atoms with Crippen LogP contribution in [0.25, 0.3) is 11.0 Å². The first-order valence-electron chi connectivity index (χ1n) is 12.5. The molecule has 0 saturated heterocycles. The summed E-state index contributed by atoms with van der Waals surface area (Å²) in [4.78, 5) is 17.0. The molecule has 2 heterocycles. The van der Waals surface area contributed by atoms with E-state index in [-0.39, 0.29) is 11.9 Å². The quantitative estimate of drug-likeness (QED) is 0.315. The van der Waals surface area contributed by atoms with E-state index in [2.05, 4.69) is 89.4 Å². The van der Waals surface area contributed by atoms with Crippen LogP contribution >= 0.6 is 0 Å². The van der Waals surface area contributed by atoms with E-state index in [0.717, 1.165) is 22.2 Å². The Morgan fingerprint density at radius 3 is 2.16 bits per heavy atom. The number of rotatable bonds is 8. The van der Waals surface area contributed by atoms with Crippen molar-refractivity contribution < 1.29 is 4.79 Å². The SMILES string of the molecule is Cc1ccc(CC(CNC(=O)c2cccnc2)n2c(=N)n(Cc3ccc(C)cc3)c3ccccc32)cc1. The van der Waals surface area contributed by atoms with Crippen LogP contribution in [0.1, 0.15) is 38.7 Å². The Balaban J connectivity index is 1.54. The average molecular weight is 490 g/mol. The van der Waals surface area contributed by atoms with Gasteiger partial charge in [0, 0.05) is 18.9 Å². The summed E-state index contributed by atoms with van der Waals surface area (Å²) in [5.41, 5.74) is 7.64. The lowest BCUT2D eigenvalue weighted by Crippen LogP contribution is -2.37. The van der Waals surface area contributed by atoms with Gasteiger partial charge in [-0.2, -0.15) is 0 Å². The summed E-state index contributed by atoms with van der Waals surface area (Å²) in [5.74, 6) is -0.169. The molecule has 6 nitrogen and oxygen atoms in total. The minimum Gasteiger partial charge on any atom is -0.350 e. The number of benzene rings is 3. The number of amides is 1. The van der Waals surface area contributed by atoms with E-state index in [1.807, 2.05) is 16.7 Å². The number of fused-ring (bicyclic) bond motifs is 1. The second kappa shape index (κ2) is 10.7. The highest BCUT2D eigenvalue weighted by molar-refractivity contribution is 5.93. The average Bonchev–Trinajstić information content (AvgIpc) is 3.20. The van der Waals surface area contributed by atoms with Crippen molar-refractivity contribution in [2.45, 2.75) is 32.9 Å². The molecule has 1 atom stereocenters. The number of carbonyl (C=O) groups is 1. The van der Waals surface area contributed by atoms with Crippen molar-refractivity contribution in [3.63, 3.8) is 0 Å². The van der Waals surface area contributed by atoms with Gasteiger partial charge in [0.2, 0.25) is 5.62 Å². The highest BCUT2D eigenvalue weighted by atomic mass is 16.1. The molecule has 5 rings (SSSR count). The zero-order valence-electron chi connectivity index (χ0n) is 21.2. The van der Waals surface area contributed by atoms with Crippen molar-refractivity contribution in [1.29, 1.82) is 5.41 Å². The molecule has 0 fully saturated rings. The monoisotopic (exact) mass is 489 g/mol. The summed E-state index contributed by atoms with van der Waals surface area (Å²) in [6.45, 7) is 5.14. The van der Waals surface area contributed by atoms with Gasteiger partial charge in [-0.3, -0.25) is 15.2 Å². The standard InChI is InChI=1S/C31H31N5O/c1-22-9-13-24(14-10-22)18-27(20-34-30(37)26-6-5-17-33-19-26)36-29-8-4-3-7-28(29)35(31(36)32)21-25-15-11-23(2)12-16-25/h3-17,19,27,32H,18,20-21H2,1-2H3,(H,34,37). The maximum absolute atomic E-state index is 12.9. The van der Waals surface area contributed by atoms with Gasteiger partial charge in [0.05, 0.1) is 29.2 Å². The number of aryl methyl sites for hydroxylation is 2. The van der Waals surface area contributed by atoms with Crippen molar-refractivity contribution in [1.82, 2.24) is 19.4 Å². The normalized spacial score (nSPS) is 11.9. The number of carbonyl (C=O) groups excluding carboxylic acids is 1. The molecule has 3 aromatic carbocycles. The number of nitrogens with one attached hydrogen (secondary N) is 2. The summed E-state index contributed by atoms with van der Waals surface area (Å²) in [5, 5.41) is 12.3. The topological polar surface area (TPSA) is 75.7 Å². The van der Waals surface area contributed by atoms with Crippen LogP contribution in [0.4, 0.5) is 0 Å². The largest absolute Gasteiger partial charge is 0.350 e. The van der Waals surface area contributed by atoms with Gasteiger partial charge >= 0.3 is 0 Å². The van der Waals surface area contributed by atoms with Crippen LogP contribution in [0, 0.1) is 19.3 Å². The molecule has 0 bridgehead atoms. The molecule has 2 N–H and O–H groups in total. The molecule has 5 aromatic rings. The Bertz CT molecular complexity index is 1560. The predicted octanol–water partition coefficient (Wildman–Crippen LogP) is 5.20. The molecule has 0 radical (unpaired) electrons. The fraction of sp³-hybridized carbons (Fsp3) is 0.194. The van der Waals surface area contributed by atoms with Gasteiger partial charge in [0.1, 0.15) is 0 Å². The zero-order valence-corrected chi connectivity index (χ0v) is 21.2. The van der Waals surface area contributed by atoms with Gasteiger partial charge in [0.15, 0.2) is 0 Å². The first-order valence-corrected chi connectivity index (χ1v) is 12.5. The van der Waals surface area contributed by atoms with Crippen molar-refractivity contribution in [2.75, 3.05) is 6.54 Å². The highest BCUT2D eigenvalue weighted by Crippen LogP contribution is 2.22. The molecule has 1 amide bonds. The number of aromatic nitrogens is 3. The number of pyridine rings is 1. The van der Waals surface area contributed by atoms with Crippen LogP contribution in [0.5, 0.6) is 0 Å². The maximum atomic E-state index is 12.9. The Hall–Kier alpha value is -4.45. The first kappa shape index (κ1) is 24.3. The fourth-order valence-corrected chi connectivity index (χ4v) is 4.72. The molecule has 0 aliphatic carbocycles. The van der Waals surface area contributed by atoms with Gasteiger partial charge in [-0.1, -0.05) is 71.8 Å². The molecule has 2 aromatic heterocycles. The number of para-hydroxylation sites is 2. The Kier molecular flexibility index (Phi) is 6.99. The van der Waals surface area contributed by atoms with E-state index in [1.165, 1.54) is 11.1 Å². The molecular weight excluding hydrogens is 458 g/mol. The smallest absolute Gasteiger partial charge is 0.252 e. The van der Waals surface area contributed by atoms with Crippen LogP contribution in [0.2, 0.25) is 0 Å². The summed E-state index contributed by atoms with van der Waals surface area (Å²) in [7, 11) is 0. The van der Waals surface area contributed by atoms with Crippen LogP contribution in [0.3, 0.4) is 0 Å². The third kappa shape index (κ3) is 5.38. The third-order valence-electron chi connectivity index (χ3n) is 6.76. The zero-order chi connectivity index (χ0) is 25.8. The van der Waals surface area contributed by atoms with E-state index < -0.39 is 0 Å². The van der Waals surface area contributed by atoms with E-state index >= 15 is 0 Å². The van der Waals surface area contributed by atoms with E-state index in [1.54, 1.807) is 24.5 Å². The Morgan fingerprint density at radius 1 is 0.865 bits per heavy atom. The van der Waals surface area contributed by atoms with Gasteiger partial charge < -0.3 is 14.5 Å². The Labute approximate surface area is 216 Å². The molecule has 0 spiro atoms. The van der Waals surface area contributed by atoms with Crippen LogP contribution in [-0.4, -0.2) is 26.6 Å². The van der Waals surface area contributed by atoms with E-state index in [0.29, 0.717) is 30.7 Å². The van der Waals surface area contributed by atoms with E-state index in [9.17, 15) is 10.2 Å². The lowest BCUT2D eigenvalue weighted by molar-refractivity contribution is 0.0947. The van der Waals surface area contributed by atoms with Gasteiger partial charge in [-0.15, -0.1) is 0 Å². The number of imidazole rings is 1. The summed E-state index contributed by atoms with van der Waals surface area (Å²) in [6, 6.07) is 28.4. The van der Waals surface area contributed by atoms with Crippen LogP contribution < -0.4 is 10.9 Å². The second-order valence-electron chi connectivity index (χ2n) is 9.55. The fourth-order valence-electron chi connectivity index (χ4n) is 4.72. The van der Waals surface area contributed by atoms with Crippen molar-refractivity contribution >= 4 is 16.9 Å². The molecule has 1 unspecified atom stereocenters. The third-order valence-corrected chi connectivity index (χ3v) is 6.76. The van der Waals surface area contributed by atoms with Gasteiger partial charge in [-0.05, 0) is 55.7 Å². The second-order valence-corrected chi connectivity index (χ2v) is 9.55. The van der Waals surface area contributed by atoms with Crippen LogP contribution in [-0.2, 0) is 13.0 Å². The summed E-state index contributed by atoms with van der Waals surface area (Å²) in [6.07, 6.45) is 3.91. The molecule has 0 aliphatic heterocycles. The minimum absolute atomic E-state index is 0.153. The molecule has 37 heavy (non-hydrogen) atoms. The van der Waals surface area contributed by atoms with Gasteiger partial charge in [0.25, 0.3) is 5.91 Å². The van der Waals surface area contributed by atoms with Crippen molar-refractivity contribution in [3.05, 3.63) is 131 Å². The number of nitrogens with zero attached hydrogens (tertiary/aromatic N) is 3. The summed E-state index contributed by atoms with van der Waals surface area (Å²) >= 11 is 0. The lowest BCUT2D eigenvalue weighted by Gasteiger charge is -2.21. The molecular formula is C31H31N5O. The lowest BCUT2D eigenvalue weighted by atomic mass is 10.0. The minimum atomic E-state index is -0.169. The van der Waals surface area contributed by atoms with E-state index in [4.69, 9.17) is 0 Å². The molecule has 0 aliphatic rings. The van der Waals surface area contributed by atoms with Gasteiger partial charge in [-0.25, -0.2) is 0 Å². The number of hydrogen-bond acceptors (Lipinski definition) is 3. The van der Waals surface area contributed by atoms with Crippen molar-refractivity contribution in [2.24, 2.45) is 0 Å². The molecule has 0 saturated carbocycles. The maximum Gasteiger partial charge on any atom is 0.252 e.